The molecular formula is C22H16ClN3O4. The number of hydrogen-bond donors (Lipinski definition) is 2. The number of halogens is 1. The number of fused-ring (bicyclic) bond motifs is 1. The third kappa shape index (κ3) is 3.70. The predicted octanol–water partition coefficient (Wildman–Crippen LogP) is 4.61. The standard InChI is InChI=1S/C22H16ClN3O4/c1-30-19-11-17(16(23)10-15(19)22(28)29)25-21(27)14-7-8-26-12-18(24-20(26)9-14)13-5-3-2-4-6-13/h2-12H,1H3,(H,25,27)(H,28,29). The Bertz CT molecular complexity index is 1270. The number of carboxylic acids is 1. The first-order valence-corrected chi connectivity index (χ1v) is 9.30. The molecule has 0 fully saturated rings. The van der Waals surface area contributed by atoms with Crippen LogP contribution in [0.3, 0.4) is 0 Å². The lowest BCUT2D eigenvalue weighted by Gasteiger charge is -2.11. The number of anilines is 1. The van der Waals surface area contributed by atoms with Gasteiger partial charge in [-0.25, -0.2) is 9.78 Å². The molecule has 0 bridgehead atoms. The number of nitrogens with one attached hydrogen (secondary N) is 1. The van der Waals surface area contributed by atoms with Crippen LogP contribution in [0.5, 0.6) is 5.75 Å². The topological polar surface area (TPSA) is 92.9 Å². The first-order valence-electron chi connectivity index (χ1n) is 8.92. The molecule has 4 rings (SSSR count). The Morgan fingerprint density at radius 3 is 2.60 bits per heavy atom. The van der Waals surface area contributed by atoms with Crippen molar-refractivity contribution < 1.29 is 19.4 Å². The normalized spacial score (nSPS) is 10.7. The number of amides is 1. The van der Waals surface area contributed by atoms with Crippen molar-refractivity contribution in [2.24, 2.45) is 0 Å². The number of rotatable bonds is 5. The first kappa shape index (κ1) is 19.5. The molecule has 0 spiro atoms. The average molecular weight is 422 g/mol. The fourth-order valence-corrected chi connectivity index (χ4v) is 3.26. The quantitative estimate of drug-likeness (QED) is 0.490. The number of methoxy groups -OCH3 is 1. The minimum Gasteiger partial charge on any atom is -0.496 e. The number of imidazole rings is 1. The highest BCUT2D eigenvalue weighted by molar-refractivity contribution is 6.34. The van der Waals surface area contributed by atoms with E-state index in [1.807, 2.05) is 40.9 Å². The van der Waals surface area contributed by atoms with E-state index in [-0.39, 0.29) is 22.0 Å². The summed E-state index contributed by atoms with van der Waals surface area (Å²) in [5, 5.41) is 12.0. The molecule has 150 valence electrons. The smallest absolute Gasteiger partial charge is 0.339 e. The summed E-state index contributed by atoms with van der Waals surface area (Å²) in [7, 11) is 1.35. The van der Waals surface area contributed by atoms with Crippen LogP contribution >= 0.6 is 11.6 Å². The van der Waals surface area contributed by atoms with Crippen molar-refractivity contribution in [1.82, 2.24) is 9.38 Å². The van der Waals surface area contributed by atoms with Crippen molar-refractivity contribution in [3.05, 3.63) is 83.1 Å². The van der Waals surface area contributed by atoms with Crippen LogP contribution in [0, 0.1) is 0 Å². The lowest BCUT2D eigenvalue weighted by atomic mass is 10.1. The van der Waals surface area contributed by atoms with Gasteiger partial charge in [0.05, 0.1) is 23.5 Å². The summed E-state index contributed by atoms with van der Waals surface area (Å²) in [6.07, 6.45) is 3.64. The lowest BCUT2D eigenvalue weighted by Crippen LogP contribution is -2.13. The second-order valence-electron chi connectivity index (χ2n) is 6.46. The Hall–Kier alpha value is -3.84. The zero-order chi connectivity index (χ0) is 21.3. The molecule has 0 aliphatic rings. The van der Waals surface area contributed by atoms with Crippen molar-refractivity contribution in [1.29, 1.82) is 0 Å². The molecule has 0 radical (unpaired) electrons. The Labute approximate surface area is 176 Å². The lowest BCUT2D eigenvalue weighted by molar-refractivity contribution is 0.0693. The SMILES string of the molecule is COc1cc(NC(=O)c2ccn3cc(-c4ccccc4)nc3c2)c(Cl)cc1C(=O)O. The minimum absolute atomic E-state index is 0.0901. The van der Waals surface area contributed by atoms with Crippen LogP contribution < -0.4 is 10.1 Å². The summed E-state index contributed by atoms with van der Waals surface area (Å²) in [5.74, 6) is -1.49. The molecule has 0 aliphatic heterocycles. The molecule has 0 saturated heterocycles. The zero-order valence-electron chi connectivity index (χ0n) is 15.8. The molecule has 1 amide bonds. The van der Waals surface area contributed by atoms with Gasteiger partial charge in [0, 0.05) is 29.6 Å². The van der Waals surface area contributed by atoms with Gasteiger partial charge in [-0.2, -0.15) is 0 Å². The monoisotopic (exact) mass is 421 g/mol. The summed E-state index contributed by atoms with van der Waals surface area (Å²) in [5.41, 5.74) is 2.93. The van der Waals surface area contributed by atoms with Crippen LogP contribution in [0.4, 0.5) is 5.69 Å². The van der Waals surface area contributed by atoms with E-state index in [0.29, 0.717) is 11.2 Å². The van der Waals surface area contributed by atoms with E-state index in [1.165, 1.54) is 19.2 Å². The zero-order valence-corrected chi connectivity index (χ0v) is 16.6. The fraction of sp³-hybridized carbons (Fsp3) is 0.0455. The van der Waals surface area contributed by atoms with Crippen LogP contribution in [-0.4, -0.2) is 33.5 Å². The van der Waals surface area contributed by atoms with Crippen LogP contribution in [0.25, 0.3) is 16.9 Å². The summed E-state index contributed by atoms with van der Waals surface area (Å²) < 4.78 is 6.92. The molecule has 8 heteroatoms. The van der Waals surface area contributed by atoms with Crippen molar-refractivity contribution in [3.8, 4) is 17.0 Å². The Balaban J connectivity index is 1.63. The Morgan fingerprint density at radius 2 is 1.90 bits per heavy atom. The highest BCUT2D eigenvalue weighted by Crippen LogP contribution is 2.31. The number of ether oxygens (including phenoxy) is 1. The molecule has 2 aromatic carbocycles. The van der Waals surface area contributed by atoms with Crippen LogP contribution in [-0.2, 0) is 0 Å². The van der Waals surface area contributed by atoms with E-state index in [9.17, 15) is 14.7 Å². The summed E-state index contributed by atoms with van der Waals surface area (Å²) in [4.78, 5) is 28.6. The number of nitrogens with zero attached hydrogens (tertiary/aromatic N) is 2. The molecule has 30 heavy (non-hydrogen) atoms. The number of hydrogen-bond acceptors (Lipinski definition) is 4. The van der Waals surface area contributed by atoms with Gasteiger partial charge in [0.2, 0.25) is 0 Å². The van der Waals surface area contributed by atoms with Gasteiger partial charge >= 0.3 is 5.97 Å². The van der Waals surface area contributed by atoms with Crippen molar-refractivity contribution in [2.45, 2.75) is 0 Å². The maximum Gasteiger partial charge on any atom is 0.339 e. The summed E-state index contributed by atoms with van der Waals surface area (Å²) in [6.45, 7) is 0. The molecular weight excluding hydrogens is 406 g/mol. The van der Waals surface area contributed by atoms with Gasteiger partial charge in [-0.05, 0) is 18.2 Å². The number of aromatic carboxylic acids is 1. The number of carbonyl (C=O) groups is 2. The minimum atomic E-state index is -1.18. The van der Waals surface area contributed by atoms with Gasteiger partial charge in [-0.3, -0.25) is 4.79 Å². The molecule has 4 aromatic rings. The van der Waals surface area contributed by atoms with Crippen LogP contribution in [0.2, 0.25) is 5.02 Å². The average Bonchev–Trinajstić information content (AvgIpc) is 3.18. The van der Waals surface area contributed by atoms with Crippen molar-refractivity contribution >= 4 is 34.8 Å². The molecule has 7 nitrogen and oxygen atoms in total. The third-order valence-electron chi connectivity index (χ3n) is 4.56. The third-order valence-corrected chi connectivity index (χ3v) is 4.87. The second kappa shape index (κ2) is 7.88. The van der Waals surface area contributed by atoms with E-state index >= 15 is 0 Å². The molecule has 0 saturated carbocycles. The molecule has 0 atom stereocenters. The highest BCUT2D eigenvalue weighted by atomic mass is 35.5. The highest BCUT2D eigenvalue weighted by Gasteiger charge is 2.17. The largest absolute Gasteiger partial charge is 0.496 e. The Kier molecular flexibility index (Phi) is 5.12. The van der Waals surface area contributed by atoms with Crippen LogP contribution in [0.1, 0.15) is 20.7 Å². The van der Waals surface area contributed by atoms with E-state index in [2.05, 4.69) is 10.3 Å². The van der Waals surface area contributed by atoms with Gasteiger partial charge in [0.15, 0.2) is 0 Å². The predicted molar refractivity (Wildman–Crippen MR) is 114 cm³/mol. The first-order chi connectivity index (χ1) is 14.5. The molecule has 0 aliphatic carbocycles. The van der Waals surface area contributed by atoms with E-state index < -0.39 is 11.9 Å². The number of aromatic nitrogens is 2. The van der Waals surface area contributed by atoms with Gasteiger partial charge < -0.3 is 19.6 Å². The maximum absolute atomic E-state index is 12.7. The van der Waals surface area contributed by atoms with Crippen molar-refractivity contribution in [3.63, 3.8) is 0 Å². The van der Waals surface area contributed by atoms with E-state index in [4.69, 9.17) is 16.3 Å². The van der Waals surface area contributed by atoms with E-state index in [1.54, 1.807) is 18.3 Å². The number of carboxylic acid groups (broad SMARTS) is 1. The number of benzene rings is 2. The Morgan fingerprint density at radius 1 is 1.13 bits per heavy atom. The molecule has 0 unspecified atom stereocenters. The van der Waals surface area contributed by atoms with Gasteiger partial charge in [-0.1, -0.05) is 41.9 Å². The molecule has 2 N–H and O–H groups in total. The van der Waals surface area contributed by atoms with Gasteiger partial charge in [0.1, 0.15) is 17.0 Å². The van der Waals surface area contributed by atoms with Gasteiger partial charge in [-0.15, -0.1) is 0 Å². The van der Waals surface area contributed by atoms with Crippen molar-refractivity contribution in [2.75, 3.05) is 12.4 Å². The maximum atomic E-state index is 12.7. The summed E-state index contributed by atoms with van der Waals surface area (Å²) >= 11 is 6.15. The summed E-state index contributed by atoms with van der Waals surface area (Å²) in [6, 6.07) is 15.7. The van der Waals surface area contributed by atoms with Gasteiger partial charge in [0.25, 0.3) is 5.91 Å². The number of pyridine rings is 1. The molecule has 2 heterocycles. The second-order valence-corrected chi connectivity index (χ2v) is 6.87. The fourth-order valence-electron chi connectivity index (χ4n) is 3.05. The van der Waals surface area contributed by atoms with Crippen LogP contribution in [0.15, 0.2) is 67.0 Å². The van der Waals surface area contributed by atoms with E-state index in [0.717, 1.165) is 11.3 Å². The number of carbonyl (C=O) groups excluding carboxylic acids is 1. The molecule has 2 aromatic heterocycles.